The fraction of sp³-hybridized carbons (Fsp3) is 0.308. The van der Waals surface area contributed by atoms with E-state index in [1.807, 2.05) is 11.5 Å². The average molecular weight is 547 g/mol. The molecule has 0 bridgehead atoms. The lowest BCUT2D eigenvalue weighted by atomic mass is 10.0. The van der Waals surface area contributed by atoms with Crippen molar-refractivity contribution in [2.24, 2.45) is 5.92 Å². The molecule has 2 amide bonds. The van der Waals surface area contributed by atoms with Gasteiger partial charge in [0.05, 0.1) is 22.4 Å². The predicted molar refractivity (Wildman–Crippen MR) is 147 cm³/mol. The van der Waals surface area contributed by atoms with Crippen molar-refractivity contribution in [3.8, 4) is 0 Å². The number of aromatic nitrogens is 3. The summed E-state index contributed by atoms with van der Waals surface area (Å²) in [5.41, 5.74) is 1.87. The minimum absolute atomic E-state index is 0.127. The molecule has 0 fully saturated rings. The summed E-state index contributed by atoms with van der Waals surface area (Å²) in [5, 5.41) is 16.2. The first-order valence-electron chi connectivity index (χ1n) is 11.5. The van der Waals surface area contributed by atoms with Crippen molar-refractivity contribution in [3.05, 3.63) is 82.1 Å². The third kappa shape index (κ3) is 7.12. The summed E-state index contributed by atoms with van der Waals surface area (Å²) < 4.78 is 1.87. The van der Waals surface area contributed by atoms with E-state index in [0.29, 0.717) is 45.2 Å². The maximum absolute atomic E-state index is 13.0. The molecule has 3 aromatic rings. The number of nitrogens with one attached hydrogen (secondary N) is 2. The fourth-order valence-corrected chi connectivity index (χ4v) is 4.76. The van der Waals surface area contributed by atoms with E-state index in [4.69, 9.17) is 23.2 Å². The SMILES string of the molecule is C=CCn1c(SCC(=O)Nc2cccc(Cl)c2C)nnc1[C@@H](CC(C)C)NC(=O)c1ccccc1Cl. The minimum atomic E-state index is -0.404. The van der Waals surface area contributed by atoms with Gasteiger partial charge < -0.3 is 15.2 Å². The van der Waals surface area contributed by atoms with Crippen molar-refractivity contribution >= 4 is 52.5 Å². The Morgan fingerprint density at radius 2 is 1.83 bits per heavy atom. The van der Waals surface area contributed by atoms with Gasteiger partial charge in [-0.15, -0.1) is 16.8 Å². The highest BCUT2D eigenvalue weighted by Crippen LogP contribution is 2.27. The zero-order chi connectivity index (χ0) is 26.2. The molecule has 0 aliphatic carbocycles. The lowest BCUT2D eigenvalue weighted by Gasteiger charge is -2.21. The number of hydrogen-bond acceptors (Lipinski definition) is 5. The maximum atomic E-state index is 13.0. The number of nitrogens with zero attached hydrogens (tertiary/aromatic N) is 3. The molecule has 1 heterocycles. The number of anilines is 1. The number of thioether (sulfide) groups is 1. The molecule has 2 aromatic carbocycles. The Kier molecular flexibility index (Phi) is 9.98. The number of allylic oxidation sites excluding steroid dienone is 1. The highest BCUT2D eigenvalue weighted by atomic mass is 35.5. The summed E-state index contributed by atoms with van der Waals surface area (Å²) in [4.78, 5) is 25.6. The zero-order valence-corrected chi connectivity index (χ0v) is 22.8. The van der Waals surface area contributed by atoms with Gasteiger partial charge in [0.2, 0.25) is 5.91 Å². The van der Waals surface area contributed by atoms with Crippen molar-refractivity contribution in [3.63, 3.8) is 0 Å². The molecule has 0 aliphatic rings. The molecule has 0 radical (unpaired) electrons. The third-order valence-electron chi connectivity index (χ3n) is 5.37. The van der Waals surface area contributed by atoms with Gasteiger partial charge in [0, 0.05) is 17.3 Å². The molecule has 3 rings (SSSR count). The van der Waals surface area contributed by atoms with Gasteiger partial charge in [0.15, 0.2) is 11.0 Å². The summed E-state index contributed by atoms with van der Waals surface area (Å²) in [6.07, 6.45) is 2.37. The van der Waals surface area contributed by atoms with Gasteiger partial charge in [0.25, 0.3) is 5.91 Å². The smallest absolute Gasteiger partial charge is 0.253 e. The van der Waals surface area contributed by atoms with E-state index in [2.05, 4.69) is 41.3 Å². The molecular formula is C26H29Cl2N5O2S. The van der Waals surface area contributed by atoms with Gasteiger partial charge in [-0.25, -0.2) is 0 Å². The lowest BCUT2D eigenvalue weighted by molar-refractivity contribution is -0.113. The van der Waals surface area contributed by atoms with E-state index in [-0.39, 0.29) is 23.5 Å². The molecule has 1 atom stereocenters. The van der Waals surface area contributed by atoms with Gasteiger partial charge in [-0.1, -0.05) is 73.1 Å². The van der Waals surface area contributed by atoms with Crippen molar-refractivity contribution in [1.82, 2.24) is 20.1 Å². The Morgan fingerprint density at radius 3 is 2.53 bits per heavy atom. The van der Waals surface area contributed by atoms with Gasteiger partial charge in [-0.2, -0.15) is 0 Å². The molecule has 0 aliphatic heterocycles. The van der Waals surface area contributed by atoms with Gasteiger partial charge in [-0.05, 0) is 49.1 Å². The summed E-state index contributed by atoms with van der Waals surface area (Å²) in [6, 6.07) is 11.9. The number of amides is 2. The van der Waals surface area contributed by atoms with Crippen LogP contribution in [0.3, 0.4) is 0 Å². The van der Waals surface area contributed by atoms with Crippen LogP contribution in [0, 0.1) is 12.8 Å². The molecule has 0 saturated heterocycles. The van der Waals surface area contributed by atoms with Crippen molar-refractivity contribution in [2.75, 3.05) is 11.1 Å². The van der Waals surface area contributed by atoms with Crippen LogP contribution in [-0.2, 0) is 11.3 Å². The molecule has 0 unspecified atom stereocenters. The Balaban J connectivity index is 1.79. The van der Waals surface area contributed by atoms with Gasteiger partial charge >= 0.3 is 0 Å². The molecule has 36 heavy (non-hydrogen) atoms. The number of benzene rings is 2. The highest BCUT2D eigenvalue weighted by Gasteiger charge is 2.25. The molecule has 190 valence electrons. The highest BCUT2D eigenvalue weighted by molar-refractivity contribution is 7.99. The van der Waals surface area contributed by atoms with Crippen LogP contribution >= 0.6 is 35.0 Å². The average Bonchev–Trinajstić information content (AvgIpc) is 3.23. The monoisotopic (exact) mass is 545 g/mol. The van der Waals surface area contributed by atoms with E-state index >= 15 is 0 Å². The molecule has 10 heteroatoms. The first-order valence-corrected chi connectivity index (χ1v) is 13.2. The van der Waals surface area contributed by atoms with E-state index in [1.54, 1.807) is 48.5 Å². The van der Waals surface area contributed by atoms with Crippen LogP contribution in [0.25, 0.3) is 0 Å². The predicted octanol–water partition coefficient (Wildman–Crippen LogP) is 6.33. The standard InChI is InChI=1S/C26H29Cl2N5O2S/c1-5-13-33-24(22(14-16(2)3)30-25(35)18-9-6-7-10-20(18)28)31-32-26(33)36-15-23(34)29-21-12-8-11-19(27)17(21)4/h5-12,16,22H,1,13-15H2,2-4H3,(H,29,34)(H,30,35)/t22-/m1/s1. The van der Waals surface area contributed by atoms with E-state index in [0.717, 1.165) is 5.56 Å². The number of halogens is 2. The molecule has 2 N–H and O–H groups in total. The number of rotatable bonds is 11. The van der Waals surface area contributed by atoms with Crippen LogP contribution in [0.4, 0.5) is 5.69 Å². The van der Waals surface area contributed by atoms with Crippen LogP contribution in [-0.4, -0.2) is 32.3 Å². The first kappa shape index (κ1) is 27.8. The van der Waals surface area contributed by atoms with Gasteiger partial charge in [0.1, 0.15) is 0 Å². The molecule has 0 spiro atoms. The molecular weight excluding hydrogens is 517 g/mol. The van der Waals surface area contributed by atoms with Crippen LogP contribution in [0.2, 0.25) is 10.0 Å². The second-order valence-electron chi connectivity index (χ2n) is 8.62. The number of carbonyl (C=O) groups is 2. The van der Waals surface area contributed by atoms with Crippen molar-refractivity contribution < 1.29 is 9.59 Å². The van der Waals surface area contributed by atoms with Crippen molar-refractivity contribution in [2.45, 2.75) is 44.9 Å². The summed E-state index contributed by atoms with van der Waals surface area (Å²) >= 11 is 13.6. The van der Waals surface area contributed by atoms with E-state index in [9.17, 15) is 9.59 Å². The van der Waals surface area contributed by atoms with Crippen LogP contribution in [0.5, 0.6) is 0 Å². The second-order valence-corrected chi connectivity index (χ2v) is 10.4. The largest absolute Gasteiger partial charge is 0.342 e. The summed E-state index contributed by atoms with van der Waals surface area (Å²) in [6.45, 7) is 10.3. The Morgan fingerprint density at radius 1 is 1.11 bits per heavy atom. The van der Waals surface area contributed by atoms with Crippen molar-refractivity contribution in [1.29, 1.82) is 0 Å². The number of hydrogen-bond donors (Lipinski definition) is 2. The third-order valence-corrected chi connectivity index (χ3v) is 7.08. The maximum Gasteiger partial charge on any atom is 0.253 e. The second kappa shape index (κ2) is 12.9. The Hall–Kier alpha value is -2.81. The zero-order valence-electron chi connectivity index (χ0n) is 20.4. The normalized spacial score (nSPS) is 11.8. The fourth-order valence-electron chi connectivity index (χ4n) is 3.61. The molecule has 7 nitrogen and oxygen atoms in total. The molecule has 0 saturated carbocycles. The van der Waals surface area contributed by atoms with Crippen LogP contribution in [0.1, 0.15) is 48.1 Å². The van der Waals surface area contributed by atoms with Crippen LogP contribution < -0.4 is 10.6 Å². The van der Waals surface area contributed by atoms with Crippen LogP contribution in [0.15, 0.2) is 60.3 Å². The Labute approximate surface area is 225 Å². The Bertz CT molecular complexity index is 1240. The quantitative estimate of drug-likeness (QED) is 0.217. The first-order chi connectivity index (χ1) is 17.2. The topological polar surface area (TPSA) is 88.9 Å². The van der Waals surface area contributed by atoms with E-state index < -0.39 is 6.04 Å². The molecule has 1 aromatic heterocycles. The van der Waals surface area contributed by atoms with Gasteiger partial charge in [-0.3, -0.25) is 9.59 Å². The van der Waals surface area contributed by atoms with E-state index in [1.165, 1.54) is 11.8 Å². The minimum Gasteiger partial charge on any atom is -0.342 e. The number of carbonyl (C=O) groups excluding carboxylic acids is 2. The summed E-state index contributed by atoms with van der Waals surface area (Å²) in [5.74, 6) is 0.522. The summed E-state index contributed by atoms with van der Waals surface area (Å²) in [7, 11) is 0. The lowest BCUT2D eigenvalue weighted by Crippen LogP contribution is -2.32.